The minimum absolute atomic E-state index is 0.0485. The predicted octanol–water partition coefficient (Wildman–Crippen LogP) is 4.97. The number of nitrogens with zero attached hydrogens (tertiary/aromatic N) is 4. The number of benzene rings is 2. The van der Waals surface area contributed by atoms with E-state index in [0.29, 0.717) is 5.11 Å². The van der Waals surface area contributed by atoms with Crippen LogP contribution < -0.4 is 15.0 Å². The molecule has 170 valence electrons. The van der Waals surface area contributed by atoms with Crippen molar-refractivity contribution in [3.63, 3.8) is 0 Å². The maximum absolute atomic E-state index is 11.1. The van der Waals surface area contributed by atoms with Crippen LogP contribution in [0.5, 0.6) is 5.75 Å². The largest absolute Gasteiger partial charge is 0.497 e. The lowest BCUT2D eigenvalue weighted by Gasteiger charge is -2.29. The van der Waals surface area contributed by atoms with Crippen LogP contribution in [0.1, 0.15) is 23.5 Å². The number of thiocarbonyl (C=S) groups is 1. The van der Waals surface area contributed by atoms with Gasteiger partial charge in [-0.15, -0.1) is 0 Å². The van der Waals surface area contributed by atoms with Crippen molar-refractivity contribution in [2.45, 2.75) is 12.1 Å². The van der Waals surface area contributed by atoms with E-state index in [1.54, 1.807) is 25.4 Å². The standard InChI is InChI=1S/C25H21N5O3S/c1-33-20-13-11-18(12-14-20)29-24(23(27-25(29)34)21-5-2-3-15-26-21)22-6-4-16-28(22)17-7-9-19(10-8-17)30(31)32/h2-16,23-24H,1H3,(H,27,34)/t23-,24+/m0/s1. The molecule has 0 spiro atoms. The second-order valence-corrected chi connectivity index (χ2v) is 8.16. The van der Waals surface area contributed by atoms with Crippen molar-refractivity contribution in [3.8, 4) is 11.4 Å². The van der Waals surface area contributed by atoms with Crippen molar-refractivity contribution in [2.24, 2.45) is 0 Å². The Balaban J connectivity index is 1.62. The molecule has 2 aromatic heterocycles. The Morgan fingerprint density at radius 2 is 1.74 bits per heavy atom. The first-order valence-corrected chi connectivity index (χ1v) is 11.0. The molecule has 1 fully saturated rings. The number of aromatic nitrogens is 2. The highest BCUT2D eigenvalue weighted by atomic mass is 32.1. The second kappa shape index (κ2) is 8.95. The van der Waals surface area contributed by atoms with Gasteiger partial charge in [-0.2, -0.15) is 0 Å². The van der Waals surface area contributed by atoms with E-state index < -0.39 is 4.92 Å². The topological polar surface area (TPSA) is 85.5 Å². The zero-order chi connectivity index (χ0) is 23.7. The molecule has 0 bridgehead atoms. The summed E-state index contributed by atoms with van der Waals surface area (Å²) in [5.74, 6) is 0.758. The van der Waals surface area contributed by atoms with Crippen molar-refractivity contribution < 1.29 is 9.66 Å². The van der Waals surface area contributed by atoms with Gasteiger partial charge in [0.15, 0.2) is 5.11 Å². The summed E-state index contributed by atoms with van der Waals surface area (Å²) in [5, 5.41) is 15.1. The van der Waals surface area contributed by atoms with E-state index in [-0.39, 0.29) is 17.8 Å². The molecule has 9 heteroatoms. The lowest BCUT2D eigenvalue weighted by atomic mass is 10.0. The van der Waals surface area contributed by atoms with Crippen LogP contribution in [0, 0.1) is 10.1 Å². The number of rotatable bonds is 6. The number of ether oxygens (including phenoxy) is 1. The normalized spacial score (nSPS) is 17.4. The van der Waals surface area contributed by atoms with Crippen molar-refractivity contribution in [3.05, 3.63) is 113 Å². The van der Waals surface area contributed by atoms with Gasteiger partial charge in [0.25, 0.3) is 5.69 Å². The Morgan fingerprint density at radius 1 is 1.00 bits per heavy atom. The van der Waals surface area contributed by atoms with Gasteiger partial charge in [-0.3, -0.25) is 15.1 Å². The molecular weight excluding hydrogens is 450 g/mol. The number of hydrogen-bond donors (Lipinski definition) is 1. The van der Waals surface area contributed by atoms with E-state index in [1.165, 1.54) is 12.1 Å². The first kappa shape index (κ1) is 21.6. The summed E-state index contributed by atoms with van der Waals surface area (Å²) in [7, 11) is 1.63. The summed E-state index contributed by atoms with van der Waals surface area (Å²) in [4.78, 5) is 17.4. The van der Waals surface area contributed by atoms with Crippen LogP contribution in [-0.4, -0.2) is 26.7 Å². The predicted molar refractivity (Wildman–Crippen MR) is 133 cm³/mol. The second-order valence-electron chi connectivity index (χ2n) is 7.77. The third-order valence-electron chi connectivity index (χ3n) is 5.87. The van der Waals surface area contributed by atoms with Gasteiger partial charge < -0.3 is 19.5 Å². The smallest absolute Gasteiger partial charge is 0.269 e. The van der Waals surface area contributed by atoms with Gasteiger partial charge in [0, 0.05) is 41.6 Å². The minimum Gasteiger partial charge on any atom is -0.497 e. The fourth-order valence-electron chi connectivity index (χ4n) is 4.28. The van der Waals surface area contributed by atoms with E-state index in [0.717, 1.165) is 28.5 Å². The van der Waals surface area contributed by atoms with E-state index in [2.05, 4.69) is 15.2 Å². The van der Waals surface area contributed by atoms with Crippen molar-refractivity contribution >= 4 is 28.7 Å². The molecule has 0 amide bonds. The molecule has 0 aliphatic carbocycles. The van der Waals surface area contributed by atoms with Gasteiger partial charge in [-0.05, 0) is 72.9 Å². The quantitative estimate of drug-likeness (QED) is 0.241. The Bertz CT molecular complexity index is 1320. The highest BCUT2D eigenvalue weighted by Gasteiger charge is 2.42. The van der Waals surface area contributed by atoms with E-state index >= 15 is 0 Å². The Kier molecular flexibility index (Phi) is 5.69. The molecule has 1 N–H and O–H groups in total. The summed E-state index contributed by atoms with van der Waals surface area (Å²) in [6, 6.07) is 23.6. The third-order valence-corrected chi connectivity index (χ3v) is 6.19. The number of nitro groups is 1. The van der Waals surface area contributed by atoms with Crippen molar-refractivity contribution in [2.75, 3.05) is 12.0 Å². The van der Waals surface area contributed by atoms with Gasteiger partial charge in [-0.25, -0.2) is 0 Å². The summed E-state index contributed by atoms with van der Waals surface area (Å²) in [6.07, 6.45) is 3.71. The first-order valence-electron chi connectivity index (χ1n) is 10.6. The van der Waals surface area contributed by atoms with Crippen molar-refractivity contribution in [1.82, 2.24) is 14.9 Å². The number of anilines is 1. The molecule has 5 rings (SSSR count). The molecular formula is C25H21N5O3S. The average molecular weight is 472 g/mol. The van der Waals surface area contributed by atoms with Crippen molar-refractivity contribution in [1.29, 1.82) is 0 Å². The molecule has 1 saturated heterocycles. The van der Waals surface area contributed by atoms with Crippen LogP contribution in [0.3, 0.4) is 0 Å². The number of methoxy groups -OCH3 is 1. The molecule has 4 aromatic rings. The Labute approximate surface area is 201 Å². The number of non-ortho nitro benzene ring substituents is 1. The maximum atomic E-state index is 11.1. The van der Waals surface area contributed by atoms with Crippen LogP contribution in [0.4, 0.5) is 11.4 Å². The van der Waals surface area contributed by atoms with Crippen LogP contribution in [0.25, 0.3) is 5.69 Å². The van der Waals surface area contributed by atoms with E-state index in [1.807, 2.05) is 65.4 Å². The van der Waals surface area contributed by atoms with Gasteiger partial charge >= 0.3 is 0 Å². The average Bonchev–Trinajstić information content (AvgIpc) is 3.49. The molecule has 1 aliphatic heterocycles. The Hall–Kier alpha value is -4.24. The van der Waals surface area contributed by atoms with Gasteiger partial charge in [0.2, 0.25) is 0 Å². The van der Waals surface area contributed by atoms with E-state index in [4.69, 9.17) is 17.0 Å². The van der Waals surface area contributed by atoms with Crippen LogP contribution in [0.2, 0.25) is 0 Å². The summed E-state index contributed by atoms with van der Waals surface area (Å²) in [5.41, 5.74) is 3.61. The number of nitro benzene ring substituents is 1. The fourth-order valence-corrected chi connectivity index (χ4v) is 4.63. The molecule has 1 aliphatic rings. The van der Waals surface area contributed by atoms with E-state index in [9.17, 15) is 10.1 Å². The van der Waals surface area contributed by atoms with Crippen LogP contribution >= 0.6 is 12.2 Å². The third kappa shape index (κ3) is 3.86. The Morgan fingerprint density at radius 3 is 2.38 bits per heavy atom. The maximum Gasteiger partial charge on any atom is 0.269 e. The molecule has 2 aromatic carbocycles. The van der Waals surface area contributed by atoms with Crippen LogP contribution in [0.15, 0.2) is 91.3 Å². The molecule has 0 unspecified atom stereocenters. The first-order chi connectivity index (χ1) is 16.6. The number of pyridine rings is 1. The van der Waals surface area contributed by atoms with Gasteiger partial charge in [-0.1, -0.05) is 6.07 Å². The molecule has 3 heterocycles. The number of hydrogen-bond acceptors (Lipinski definition) is 5. The highest BCUT2D eigenvalue weighted by molar-refractivity contribution is 7.80. The minimum atomic E-state index is -0.401. The zero-order valence-corrected chi connectivity index (χ0v) is 19.1. The van der Waals surface area contributed by atoms with Gasteiger partial charge in [0.1, 0.15) is 11.8 Å². The number of nitrogens with one attached hydrogen (secondary N) is 1. The SMILES string of the molecule is COc1ccc(N2C(=S)N[C@@H](c3ccccn3)[C@H]2c2cccn2-c2ccc([N+](=O)[O-])cc2)cc1. The monoisotopic (exact) mass is 471 g/mol. The summed E-state index contributed by atoms with van der Waals surface area (Å²) < 4.78 is 7.35. The molecule has 0 radical (unpaired) electrons. The lowest BCUT2D eigenvalue weighted by molar-refractivity contribution is -0.384. The molecule has 34 heavy (non-hydrogen) atoms. The lowest BCUT2D eigenvalue weighted by Crippen LogP contribution is -2.30. The fraction of sp³-hybridized carbons (Fsp3) is 0.120. The summed E-state index contributed by atoms with van der Waals surface area (Å²) >= 11 is 5.79. The van der Waals surface area contributed by atoms with Crippen LogP contribution in [-0.2, 0) is 0 Å². The zero-order valence-electron chi connectivity index (χ0n) is 18.2. The molecule has 8 nitrogen and oxygen atoms in total. The van der Waals surface area contributed by atoms with Gasteiger partial charge in [0.05, 0.1) is 23.8 Å². The molecule has 0 saturated carbocycles. The summed E-state index contributed by atoms with van der Waals surface area (Å²) in [6.45, 7) is 0. The molecule has 2 atom stereocenters. The highest BCUT2D eigenvalue weighted by Crippen LogP contribution is 2.42.